The highest BCUT2D eigenvalue weighted by molar-refractivity contribution is 7.92. The summed E-state index contributed by atoms with van der Waals surface area (Å²) in [6, 6.07) is 11.7. The van der Waals surface area contributed by atoms with E-state index in [0.29, 0.717) is 11.4 Å². The first-order chi connectivity index (χ1) is 9.95. The summed E-state index contributed by atoms with van der Waals surface area (Å²) in [5, 5.41) is 3.07. The second-order valence-electron chi connectivity index (χ2n) is 4.47. The van der Waals surface area contributed by atoms with E-state index < -0.39 is 10.0 Å². The van der Waals surface area contributed by atoms with Crippen LogP contribution in [0.5, 0.6) is 0 Å². The zero-order chi connectivity index (χ0) is 15.0. The van der Waals surface area contributed by atoms with Gasteiger partial charge in [-0.15, -0.1) is 11.3 Å². The van der Waals surface area contributed by atoms with Crippen molar-refractivity contribution < 1.29 is 8.42 Å². The van der Waals surface area contributed by atoms with Gasteiger partial charge in [0.1, 0.15) is 4.90 Å². The average Bonchev–Trinajstić information content (AvgIpc) is 2.88. The Morgan fingerprint density at radius 1 is 1.10 bits per heavy atom. The van der Waals surface area contributed by atoms with E-state index in [0.717, 1.165) is 10.1 Å². The molecule has 0 unspecified atom stereocenters. The number of nitrogen functional groups attached to an aromatic ring is 1. The maximum atomic E-state index is 12.4. The summed E-state index contributed by atoms with van der Waals surface area (Å²) in [4.78, 5) is -0.0328. The van der Waals surface area contributed by atoms with E-state index in [2.05, 4.69) is 4.72 Å². The van der Waals surface area contributed by atoms with E-state index in [1.165, 1.54) is 12.1 Å². The number of hydrogen-bond donors (Lipinski definition) is 2. The van der Waals surface area contributed by atoms with Crippen molar-refractivity contribution >= 4 is 54.4 Å². The molecule has 21 heavy (non-hydrogen) atoms. The smallest absolute Gasteiger partial charge is 0.263 e. The lowest BCUT2D eigenvalue weighted by molar-refractivity contribution is 0.601. The largest absolute Gasteiger partial charge is 0.399 e. The molecule has 4 nitrogen and oxygen atoms in total. The van der Waals surface area contributed by atoms with Crippen LogP contribution in [0.3, 0.4) is 0 Å². The van der Waals surface area contributed by atoms with Crippen LogP contribution < -0.4 is 10.5 Å². The fourth-order valence-corrected chi connectivity index (χ4v) is 4.32. The Kier molecular flexibility index (Phi) is 3.52. The molecule has 0 saturated carbocycles. The van der Waals surface area contributed by atoms with Crippen LogP contribution in [0.2, 0.25) is 5.02 Å². The van der Waals surface area contributed by atoms with Crippen LogP contribution in [0, 0.1) is 0 Å². The van der Waals surface area contributed by atoms with Crippen LogP contribution in [0.1, 0.15) is 0 Å². The fraction of sp³-hybridized carbons (Fsp3) is 0. The molecule has 3 aromatic rings. The lowest BCUT2D eigenvalue weighted by Gasteiger charge is -2.10. The van der Waals surface area contributed by atoms with Gasteiger partial charge in [0.25, 0.3) is 10.0 Å². The number of thiophene rings is 1. The Hall–Kier alpha value is -1.76. The minimum absolute atomic E-state index is 0.0328. The van der Waals surface area contributed by atoms with Gasteiger partial charge in [-0.25, -0.2) is 8.42 Å². The van der Waals surface area contributed by atoms with Gasteiger partial charge in [0.05, 0.1) is 5.02 Å². The van der Waals surface area contributed by atoms with Crippen molar-refractivity contribution in [1.82, 2.24) is 0 Å². The Bertz CT molecular complexity index is 920. The molecular weight excluding hydrogens is 328 g/mol. The molecule has 0 aliphatic carbocycles. The number of sulfonamides is 1. The van der Waals surface area contributed by atoms with Crippen LogP contribution in [-0.2, 0) is 10.0 Å². The van der Waals surface area contributed by atoms with Gasteiger partial charge >= 0.3 is 0 Å². The normalized spacial score (nSPS) is 11.7. The van der Waals surface area contributed by atoms with Crippen LogP contribution >= 0.6 is 22.9 Å². The van der Waals surface area contributed by atoms with Gasteiger partial charge in [-0.1, -0.05) is 11.6 Å². The molecule has 0 atom stereocenters. The SMILES string of the molecule is Nc1ccc(Cl)c(S(=O)(=O)Nc2ccc3sccc3c2)c1. The van der Waals surface area contributed by atoms with Gasteiger partial charge in [0, 0.05) is 16.1 Å². The molecule has 0 amide bonds. The zero-order valence-electron chi connectivity index (χ0n) is 10.7. The summed E-state index contributed by atoms with van der Waals surface area (Å²) in [5.74, 6) is 0. The first-order valence-electron chi connectivity index (χ1n) is 6.01. The molecule has 0 fully saturated rings. The third kappa shape index (κ3) is 2.83. The number of anilines is 2. The topological polar surface area (TPSA) is 72.2 Å². The van der Waals surface area contributed by atoms with Crippen molar-refractivity contribution in [3.63, 3.8) is 0 Å². The molecule has 7 heteroatoms. The van der Waals surface area contributed by atoms with Crippen molar-refractivity contribution in [2.45, 2.75) is 4.90 Å². The molecule has 1 aromatic heterocycles. The molecular formula is C14H11ClN2O2S2. The summed E-state index contributed by atoms with van der Waals surface area (Å²) in [5.41, 5.74) is 6.45. The molecule has 0 spiro atoms. The minimum atomic E-state index is -3.78. The molecule has 0 aliphatic heterocycles. The second-order valence-corrected chi connectivity index (χ2v) is 7.47. The summed E-state index contributed by atoms with van der Waals surface area (Å²) >= 11 is 7.55. The number of halogens is 1. The highest BCUT2D eigenvalue weighted by atomic mass is 35.5. The third-order valence-electron chi connectivity index (χ3n) is 2.95. The van der Waals surface area contributed by atoms with Crippen molar-refractivity contribution in [3.05, 3.63) is 52.9 Å². The minimum Gasteiger partial charge on any atom is -0.399 e. The van der Waals surface area contributed by atoms with E-state index >= 15 is 0 Å². The van der Waals surface area contributed by atoms with Gasteiger partial charge in [0.15, 0.2) is 0 Å². The molecule has 3 rings (SSSR count). The predicted molar refractivity (Wildman–Crippen MR) is 88.5 cm³/mol. The lowest BCUT2D eigenvalue weighted by Crippen LogP contribution is -2.13. The fourth-order valence-electron chi connectivity index (χ4n) is 1.97. The first-order valence-corrected chi connectivity index (χ1v) is 8.75. The summed E-state index contributed by atoms with van der Waals surface area (Å²) in [7, 11) is -3.78. The molecule has 1 heterocycles. The Labute approximate surface area is 131 Å². The van der Waals surface area contributed by atoms with Crippen LogP contribution in [0.25, 0.3) is 10.1 Å². The van der Waals surface area contributed by atoms with Crippen molar-refractivity contribution in [2.75, 3.05) is 10.5 Å². The predicted octanol–water partition coefficient (Wildman–Crippen LogP) is 3.94. The van der Waals surface area contributed by atoms with Gasteiger partial charge in [-0.05, 0) is 53.2 Å². The molecule has 0 saturated heterocycles. The molecule has 0 radical (unpaired) electrons. The van der Waals surface area contributed by atoms with Crippen LogP contribution in [0.4, 0.5) is 11.4 Å². The maximum Gasteiger partial charge on any atom is 0.263 e. The Morgan fingerprint density at radius 2 is 1.90 bits per heavy atom. The molecule has 0 bridgehead atoms. The number of hydrogen-bond acceptors (Lipinski definition) is 4. The Morgan fingerprint density at radius 3 is 2.71 bits per heavy atom. The monoisotopic (exact) mass is 338 g/mol. The Balaban J connectivity index is 2.00. The summed E-state index contributed by atoms with van der Waals surface area (Å²) < 4.78 is 28.4. The van der Waals surface area contributed by atoms with Gasteiger partial charge in [-0.3, -0.25) is 4.72 Å². The highest BCUT2D eigenvalue weighted by Gasteiger charge is 2.18. The van der Waals surface area contributed by atoms with Crippen LogP contribution in [-0.4, -0.2) is 8.42 Å². The first kappa shape index (κ1) is 14.2. The number of nitrogens with two attached hydrogens (primary N) is 1. The lowest BCUT2D eigenvalue weighted by atomic mass is 10.2. The average molecular weight is 339 g/mol. The van der Waals surface area contributed by atoms with Crippen molar-refractivity contribution in [3.8, 4) is 0 Å². The molecule has 0 aliphatic rings. The van der Waals surface area contributed by atoms with E-state index in [9.17, 15) is 8.42 Å². The molecule has 2 aromatic carbocycles. The number of rotatable bonds is 3. The van der Waals surface area contributed by atoms with Gasteiger partial charge in [-0.2, -0.15) is 0 Å². The quantitative estimate of drug-likeness (QED) is 0.710. The van der Waals surface area contributed by atoms with Crippen molar-refractivity contribution in [1.29, 1.82) is 0 Å². The van der Waals surface area contributed by atoms with E-state index in [1.54, 1.807) is 29.5 Å². The summed E-state index contributed by atoms with van der Waals surface area (Å²) in [6.45, 7) is 0. The standard InChI is InChI=1S/C14H11ClN2O2S2/c15-12-3-1-10(16)8-14(12)21(18,19)17-11-2-4-13-9(7-11)5-6-20-13/h1-8,17H,16H2. The van der Waals surface area contributed by atoms with Gasteiger partial charge < -0.3 is 5.73 Å². The second kappa shape index (κ2) is 5.22. The number of benzene rings is 2. The maximum absolute atomic E-state index is 12.4. The number of fused-ring (bicyclic) bond motifs is 1. The third-order valence-corrected chi connectivity index (χ3v) is 5.71. The van der Waals surface area contributed by atoms with Crippen LogP contribution in [0.15, 0.2) is 52.7 Å². The molecule has 108 valence electrons. The number of nitrogens with one attached hydrogen (secondary N) is 1. The summed E-state index contributed by atoms with van der Waals surface area (Å²) in [6.07, 6.45) is 0. The van der Waals surface area contributed by atoms with E-state index in [4.69, 9.17) is 17.3 Å². The highest BCUT2D eigenvalue weighted by Crippen LogP contribution is 2.28. The van der Waals surface area contributed by atoms with Crippen molar-refractivity contribution in [2.24, 2.45) is 0 Å². The van der Waals surface area contributed by atoms with E-state index in [1.807, 2.05) is 17.5 Å². The molecule has 3 N–H and O–H groups in total. The van der Waals surface area contributed by atoms with E-state index in [-0.39, 0.29) is 9.92 Å². The van der Waals surface area contributed by atoms with Gasteiger partial charge in [0.2, 0.25) is 0 Å². The zero-order valence-corrected chi connectivity index (χ0v) is 13.1.